The van der Waals surface area contributed by atoms with E-state index in [1.54, 1.807) is 27.7 Å². The van der Waals surface area contributed by atoms with Crippen molar-refractivity contribution in [2.24, 2.45) is 0 Å². The fourth-order valence-corrected chi connectivity index (χ4v) is 2.33. The van der Waals surface area contributed by atoms with Gasteiger partial charge < -0.3 is 19.3 Å². The number of fused-ring (bicyclic) bond motifs is 1. The molecule has 5 heteroatoms. The molecule has 0 spiro atoms. The van der Waals surface area contributed by atoms with Crippen molar-refractivity contribution in [3.63, 3.8) is 0 Å². The number of rotatable bonds is 3. The Kier molecular flexibility index (Phi) is 4.00. The largest absolute Gasteiger partial charge is 0.458 e. The molecule has 118 valence electrons. The molecule has 0 aliphatic carbocycles. The summed E-state index contributed by atoms with van der Waals surface area (Å²) in [6.45, 7) is 8.74. The lowest BCUT2D eigenvalue weighted by atomic mass is 9.97. The second kappa shape index (κ2) is 5.48. The molecule has 1 aromatic heterocycles. The van der Waals surface area contributed by atoms with E-state index in [9.17, 15) is 9.59 Å². The minimum Gasteiger partial charge on any atom is -0.458 e. The zero-order valence-electron chi connectivity index (χ0n) is 13.5. The summed E-state index contributed by atoms with van der Waals surface area (Å²) in [5.41, 5.74) is -0.433. The highest BCUT2D eigenvalue weighted by molar-refractivity contribution is 5.85. The van der Waals surface area contributed by atoms with Gasteiger partial charge in [-0.15, -0.1) is 0 Å². The van der Waals surface area contributed by atoms with Crippen LogP contribution in [0, 0.1) is 6.92 Å². The lowest BCUT2D eigenvalue weighted by molar-refractivity contribution is -0.113. The lowest BCUT2D eigenvalue weighted by Crippen LogP contribution is -2.47. The Morgan fingerprint density at radius 2 is 1.86 bits per heavy atom. The van der Waals surface area contributed by atoms with Crippen LogP contribution >= 0.6 is 0 Å². The van der Waals surface area contributed by atoms with Crippen molar-refractivity contribution in [3.8, 4) is 0 Å². The maximum absolute atomic E-state index is 12.0. The summed E-state index contributed by atoms with van der Waals surface area (Å²) in [6.07, 6.45) is -0.0105. The first kappa shape index (κ1) is 16.1. The topological polar surface area (TPSA) is 68.5 Å². The van der Waals surface area contributed by atoms with Crippen LogP contribution in [0.1, 0.15) is 39.0 Å². The molecule has 0 saturated heterocycles. The van der Waals surface area contributed by atoms with Crippen molar-refractivity contribution in [2.75, 3.05) is 0 Å². The number of carbonyl (C=O) groups is 2. The molecule has 2 aromatic rings. The van der Waals surface area contributed by atoms with E-state index in [0.29, 0.717) is 17.6 Å². The molecular formula is C17H21NO4. The van der Waals surface area contributed by atoms with Gasteiger partial charge in [0, 0.05) is 10.9 Å². The summed E-state index contributed by atoms with van der Waals surface area (Å²) in [5, 5.41) is 3.51. The second-order valence-corrected chi connectivity index (χ2v) is 6.50. The van der Waals surface area contributed by atoms with Crippen molar-refractivity contribution in [1.82, 2.24) is 5.32 Å². The van der Waals surface area contributed by atoms with Crippen LogP contribution in [-0.4, -0.2) is 18.0 Å². The summed E-state index contributed by atoms with van der Waals surface area (Å²) in [6, 6.07) is 7.49. The Bertz CT molecular complexity index is 711. The minimum atomic E-state index is -1.29. The van der Waals surface area contributed by atoms with E-state index in [1.807, 2.05) is 31.2 Å². The molecule has 1 unspecified atom stereocenters. The Hall–Kier alpha value is -2.30. The van der Waals surface area contributed by atoms with Crippen LogP contribution in [-0.2, 0) is 15.1 Å². The maximum Gasteiger partial charge on any atom is 0.408 e. The summed E-state index contributed by atoms with van der Waals surface area (Å²) < 4.78 is 11.0. The molecule has 0 fully saturated rings. The number of aryl methyl sites for hydroxylation is 1. The first-order valence-electron chi connectivity index (χ1n) is 7.12. The zero-order chi connectivity index (χ0) is 16.5. The molecule has 0 aliphatic heterocycles. The van der Waals surface area contributed by atoms with E-state index in [-0.39, 0.29) is 0 Å². The number of amides is 1. The van der Waals surface area contributed by atoms with Crippen LogP contribution in [0.25, 0.3) is 11.0 Å². The summed E-state index contributed by atoms with van der Waals surface area (Å²) >= 11 is 0. The van der Waals surface area contributed by atoms with Crippen molar-refractivity contribution in [3.05, 3.63) is 35.6 Å². The van der Waals surface area contributed by atoms with Gasteiger partial charge in [0.25, 0.3) is 0 Å². The van der Waals surface area contributed by atoms with Crippen molar-refractivity contribution < 1.29 is 18.7 Å². The number of alkyl carbamates (subject to hydrolysis) is 1. The predicted molar refractivity (Wildman–Crippen MR) is 83.7 cm³/mol. The van der Waals surface area contributed by atoms with Gasteiger partial charge in [0.1, 0.15) is 16.9 Å². The number of furan rings is 1. The standard InChI is InChI=1S/C17H21NO4/c1-11-12-8-6-7-9-13(12)21-14(11)17(5,10-19)18-15(20)22-16(2,3)4/h6-10H,1-5H3,(H,18,20). The molecular weight excluding hydrogens is 282 g/mol. The third-order valence-corrected chi connectivity index (χ3v) is 3.31. The molecule has 1 atom stereocenters. The van der Waals surface area contributed by atoms with Gasteiger partial charge in [-0.2, -0.15) is 0 Å². The average Bonchev–Trinajstić information content (AvgIpc) is 2.75. The summed E-state index contributed by atoms with van der Waals surface area (Å²) in [5.74, 6) is 0.412. The normalized spacial score (nSPS) is 14.4. The van der Waals surface area contributed by atoms with Crippen LogP contribution in [0.4, 0.5) is 4.79 Å². The monoisotopic (exact) mass is 303 g/mol. The van der Waals surface area contributed by atoms with Crippen LogP contribution in [0.15, 0.2) is 28.7 Å². The quantitative estimate of drug-likeness (QED) is 0.878. The molecule has 5 nitrogen and oxygen atoms in total. The Morgan fingerprint density at radius 1 is 1.23 bits per heavy atom. The number of hydrogen-bond donors (Lipinski definition) is 1. The molecule has 2 rings (SSSR count). The summed E-state index contributed by atoms with van der Waals surface area (Å²) in [7, 11) is 0. The van der Waals surface area contributed by atoms with E-state index in [0.717, 1.165) is 10.9 Å². The van der Waals surface area contributed by atoms with Crippen LogP contribution < -0.4 is 5.32 Å². The SMILES string of the molecule is Cc1c(C(C)(C=O)NC(=O)OC(C)(C)C)oc2ccccc12. The Morgan fingerprint density at radius 3 is 2.41 bits per heavy atom. The fraction of sp³-hybridized carbons (Fsp3) is 0.412. The van der Waals surface area contributed by atoms with Crippen LogP contribution in [0.2, 0.25) is 0 Å². The van der Waals surface area contributed by atoms with Gasteiger partial charge in [-0.1, -0.05) is 18.2 Å². The van der Waals surface area contributed by atoms with Gasteiger partial charge in [-0.05, 0) is 40.7 Å². The predicted octanol–water partition coefficient (Wildman–Crippen LogP) is 3.68. The van der Waals surface area contributed by atoms with E-state index in [1.165, 1.54) is 0 Å². The van der Waals surface area contributed by atoms with Crippen molar-refractivity contribution >= 4 is 23.3 Å². The highest BCUT2D eigenvalue weighted by atomic mass is 16.6. The number of nitrogens with one attached hydrogen (secondary N) is 1. The molecule has 1 N–H and O–H groups in total. The lowest BCUT2D eigenvalue weighted by Gasteiger charge is -2.26. The third kappa shape index (κ3) is 3.13. The van der Waals surface area contributed by atoms with Crippen molar-refractivity contribution in [1.29, 1.82) is 0 Å². The van der Waals surface area contributed by atoms with E-state index in [4.69, 9.17) is 9.15 Å². The highest BCUT2D eigenvalue weighted by Gasteiger charge is 2.35. The van der Waals surface area contributed by atoms with Crippen LogP contribution in [0.3, 0.4) is 0 Å². The zero-order valence-corrected chi connectivity index (χ0v) is 13.5. The fourth-order valence-electron chi connectivity index (χ4n) is 2.33. The van der Waals surface area contributed by atoms with Gasteiger partial charge in [-0.3, -0.25) is 0 Å². The molecule has 1 aromatic carbocycles. The van der Waals surface area contributed by atoms with E-state index in [2.05, 4.69) is 5.32 Å². The first-order valence-corrected chi connectivity index (χ1v) is 7.12. The molecule has 0 bridgehead atoms. The number of para-hydroxylation sites is 1. The maximum atomic E-state index is 12.0. The number of carbonyl (C=O) groups excluding carboxylic acids is 2. The smallest absolute Gasteiger partial charge is 0.408 e. The molecule has 22 heavy (non-hydrogen) atoms. The number of benzene rings is 1. The van der Waals surface area contributed by atoms with Gasteiger partial charge in [-0.25, -0.2) is 4.79 Å². The molecule has 0 saturated carbocycles. The Labute approximate surface area is 129 Å². The number of hydrogen-bond acceptors (Lipinski definition) is 4. The minimum absolute atomic E-state index is 0.412. The third-order valence-electron chi connectivity index (χ3n) is 3.31. The highest BCUT2D eigenvalue weighted by Crippen LogP contribution is 2.32. The molecule has 0 radical (unpaired) electrons. The van der Waals surface area contributed by atoms with Crippen molar-refractivity contribution in [2.45, 2.75) is 45.8 Å². The molecule has 1 heterocycles. The summed E-state index contributed by atoms with van der Waals surface area (Å²) in [4.78, 5) is 23.6. The van der Waals surface area contributed by atoms with Gasteiger partial charge in [0.15, 0.2) is 11.8 Å². The Balaban J connectivity index is 2.38. The average molecular weight is 303 g/mol. The first-order chi connectivity index (χ1) is 10.2. The van der Waals surface area contributed by atoms with Crippen LogP contribution in [0.5, 0.6) is 0 Å². The van der Waals surface area contributed by atoms with E-state index < -0.39 is 17.2 Å². The second-order valence-electron chi connectivity index (χ2n) is 6.50. The number of aldehydes is 1. The van der Waals surface area contributed by atoms with Gasteiger partial charge in [0.2, 0.25) is 0 Å². The molecule has 0 aliphatic rings. The number of ether oxygens (including phenoxy) is 1. The molecule has 1 amide bonds. The van der Waals surface area contributed by atoms with E-state index >= 15 is 0 Å². The van der Waals surface area contributed by atoms with Gasteiger partial charge in [0.05, 0.1) is 0 Å². The van der Waals surface area contributed by atoms with Gasteiger partial charge >= 0.3 is 6.09 Å².